The SMILES string of the molecule is COc1cccc(-n2cc(C(=O)NCCC(=O)Nc3ccc(C(F)(F)F)cc3)c3ccccc3c2=O)c1. The van der Waals surface area contributed by atoms with Crippen LogP contribution in [0, 0.1) is 0 Å². The summed E-state index contributed by atoms with van der Waals surface area (Å²) in [6, 6.07) is 17.6. The van der Waals surface area contributed by atoms with Crippen molar-refractivity contribution < 1.29 is 27.5 Å². The maximum atomic E-state index is 13.1. The summed E-state index contributed by atoms with van der Waals surface area (Å²) in [6.07, 6.45) is -3.14. The lowest BCUT2D eigenvalue weighted by atomic mass is 10.1. The fourth-order valence-corrected chi connectivity index (χ4v) is 3.78. The minimum atomic E-state index is -4.47. The third-order valence-electron chi connectivity index (χ3n) is 5.63. The van der Waals surface area contributed by atoms with Gasteiger partial charge < -0.3 is 15.4 Å². The number of alkyl halides is 3. The summed E-state index contributed by atoms with van der Waals surface area (Å²) >= 11 is 0. The first kappa shape index (κ1) is 25.5. The monoisotopic (exact) mass is 509 g/mol. The molecule has 4 aromatic rings. The predicted octanol–water partition coefficient (Wildman–Crippen LogP) is 4.78. The standard InChI is InChI=1S/C27H22F3N3O4/c1-37-20-6-4-5-19(15-20)33-16-23(21-7-2-3-8-22(21)26(33)36)25(35)31-14-13-24(34)32-18-11-9-17(10-12-18)27(28,29)30/h2-12,15-16H,13-14H2,1H3,(H,31,35)(H,32,34). The van der Waals surface area contributed by atoms with Gasteiger partial charge in [0, 0.05) is 41.7 Å². The molecule has 2 N–H and O–H groups in total. The summed E-state index contributed by atoms with van der Waals surface area (Å²) in [7, 11) is 1.51. The number of pyridine rings is 1. The molecule has 1 aromatic heterocycles. The van der Waals surface area contributed by atoms with E-state index in [0.717, 1.165) is 24.3 Å². The molecule has 0 spiro atoms. The van der Waals surface area contributed by atoms with Crippen LogP contribution >= 0.6 is 0 Å². The van der Waals surface area contributed by atoms with Crippen LogP contribution in [0.4, 0.5) is 18.9 Å². The number of nitrogens with one attached hydrogen (secondary N) is 2. The Hall–Kier alpha value is -4.60. The topological polar surface area (TPSA) is 89.4 Å². The van der Waals surface area contributed by atoms with Crippen LogP contribution in [0.15, 0.2) is 83.8 Å². The van der Waals surface area contributed by atoms with Crippen LogP contribution in [0.2, 0.25) is 0 Å². The van der Waals surface area contributed by atoms with Gasteiger partial charge in [0.15, 0.2) is 0 Å². The quantitative estimate of drug-likeness (QED) is 0.376. The summed E-state index contributed by atoms with van der Waals surface area (Å²) in [5.74, 6) is -0.427. The molecule has 0 aliphatic carbocycles. The number of halogens is 3. The van der Waals surface area contributed by atoms with E-state index >= 15 is 0 Å². The number of anilines is 1. The van der Waals surface area contributed by atoms with Crippen molar-refractivity contribution in [3.05, 3.63) is 100 Å². The van der Waals surface area contributed by atoms with Gasteiger partial charge in [-0.3, -0.25) is 19.0 Å². The Balaban J connectivity index is 1.49. The molecular weight excluding hydrogens is 487 g/mol. The number of carbonyl (C=O) groups excluding carboxylic acids is 2. The van der Waals surface area contributed by atoms with Crippen LogP contribution in [0.3, 0.4) is 0 Å². The number of fused-ring (bicyclic) bond motifs is 1. The summed E-state index contributed by atoms with van der Waals surface area (Å²) in [6.45, 7) is -0.0298. The van der Waals surface area contributed by atoms with Gasteiger partial charge in [-0.2, -0.15) is 13.2 Å². The first-order valence-electron chi connectivity index (χ1n) is 11.2. The molecule has 37 heavy (non-hydrogen) atoms. The predicted molar refractivity (Wildman–Crippen MR) is 133 cm³/mol. The maximum absolute atomic E-state index is 13.1. The van der Waals surface area contributed by atoms with Crippen LogP contribution < -0.4 is 20.9 Å². The van der Waals surface area contributed by atoms with Gasteiger partial charge in [-0.1, -0.05) is 24.3 Å². The minimum Gasteiger partial charge on any atom is -0.497 e. The summed E-state index contributed by atoms with van der Waals surface area (Å²) in [4.78, 5) is 38.4. The van der Waals surface area contributed by atoms with Crippen molar-refractivity contribution in [2.45, 2.75) is 12.6 Å². The number of aromatic nitrogens is 1. The van der Waals surface area contributed by atoms with Crippen molar-refractivity contribution >= 4 is 28.3 Å². The van der Waals surface area contributed by atoms with Gasteiger partial charge in [0.05, 0.1) is 23.9 Å². The van der Waals surface area contributed by atoms with Crippen LogP contribution in [0.25, 0.3) is 16.5 Å². The van der Waals surface area contributed by atoms with Gasteiger partial charge in [-0.25, -0.2) is 0 Å². The highest BCUT2D eigenvalue weighted by Gasteiger charge is 2.30. The molecule has 0 bridgehead atoms. The molecule has 0 atom stereocenters. The van der Waals surface area contributed by atoms with E-state index in [1.54, 1.807) is 48.5 Å². The molecule has 2 amide bonds. The Morgan fingerprint density at radius 1 is 0.946 bits per heavy atom. The second-order valence-corrected chi connectivity index (χ2v) is 8.09. The lowest BCUT2D eigenvalue weighted by Crippen LogP contribution is -2.29. The Bertz CT molecular complexity index is 1510. The highest BCUT2D eigenvalue weighted by atomic mass is 19.4. The molecule has 3 aromatic carbocycles. The molecule has 0 radical (unpaired) electrons. The zero-order valence-electron chi connectivity index (χ0n) is 19.6. The number of hydrogen-bond acceptors (Lipinski definition) is 4. The van der Waals surface area contributed by atoms with E-state index in [1.165, 1.54) is 17.9 Å². The third kappa shape index (κ3) is 5.80. The second kappa shape index (κ2) is 10.6. The largest absolute Gasteiger partial charge is 0.497 e. The van der Waals surface area contributed by atoms with Gasteiger partial charge in [-0.05, 0) is 42.5 Å². The number of benzene rings is 3. The first-order valence-corrected chi connectivity index (χ1v) is 11.2. The van der Waals surface area contributed by atoms with Crippen LogP contribution in [0.5, 0.6) is 5.75 Å². The van der Waals surface area contributed by atoms with E-state index in [2.05, 4.69) is 10.6 Å². The Labute approximate surface area is 209 Å². The lowest BCUT2D eigenvalue weighted by Gasteiger charge is -2.13. The Morgan fingerprint density at radius 3 is 2.32 bits per heavy atom. The number of methoxy groups -OCH3 is 1. The van der Waals surface area contributed by atoms with E-state index < -0.39 is 23.6 Å². The van der Waals surface area contributed by atoms with E-state index in [9.17, 15) is 27.6 Å². The van der Waals surface area contributed by atoms with Gasteiger partial charge in [0.25, 0.3) is 11.5 Å². The van der Waals surface area contributed by atoms with E-state index in [0.29, 0.717) is 22.2 Å². The molecule has 190 valence electrons. The van der Waals surface area contributed by atoms with Crippen molar-refractivity contribution in [2.75, 3.05) is 19.0 Å². The number of hydrogen-bond donors (Lipinski definition) is 2. The van der Waals surface area contributed by atoms with Crippen molar-refractivity contribution in [3.8, 4) is 11.4 Å². The number of nitrogens with zero attached hydrogens (tertiary/aromatic N) is 1. The van der Waals surface area contributed by atoms with Crippen LogP contribution in [0.1, 0.15) is 22.3 Å². The smallest absolute Gasteiger partial charge is 0.416 e. The van der Waals surface area contributed by atoms with Gasteiger partial charge in [-0.15, -0.1) is 0 Å². The maximum Gasteiger partial charge on any atom is 0.416 e. The molecular formula is C27H22F3N3O4. The second-order valence-electron chi connectivity index (χ2n) is 8.09. The molecule has 10 heteroatoms. The summed E-state index contributed by atoms with van der Waals surface area (Å²) in [5.41, 5.74) is -0.168. The molecule has 0 unspecified atom stereocenters. The number of carbonyl (C=O) groups is 2. The molecule has 7 nitrogen and oxygen atoms in total. The Kier molecular flexibility index (Phi) is 7.28. The average Bonchev–Trinajstić information content (AvgIpc) is 2.89. The summed E-state index contributed by atoms with van der Waals surface area (Å²) < 4.78 is 44.7. The number of rotatable bonds is 7. The van der Waals surface area contributed by atoms with Gasteiger partial charge in [0.1, 0.15) is 5.75 Å². The Morgan fingerprint density at radius 2 is 1.65 bits per heavy atom. The highest BCUT2D eigenvalue weighted by molar-refractivity contribution is 6.06. The molecule has 1 heterocycles. The summed E-state index contributed by atoms with van der Waals surface area (Å²) in [5, 5.41) is 5.97. The van der Waals surface area contributed by atoms with Gasteiger partial charge >= 0.3 is 6.18 Å². The minimum absolute atomic E-state index is 0.0298. The van der Waals surface area contributed by atoms with Crippen molar-refractivity contribution in [1.29, 1.82) is 0 Å². The van der Waals surface area contributed by atoms with Crippen molar-refractivity contribution in [2.24, 2.45) is 0 Å². The fraction of sp³-hybridized carbons (Fsp3) is 0.148. The van der Waals surface area contributed by atoms with Gasteiger partial charge in [0.2, 0.25) is 5.91 Å². The third-order valence-corrected chi connectivity index (χ3v) is 5.63. The molecule has 0 saturated carbocycles. The van der Waals surface area contributed by atoms with Crippen LogP contribution in [-0.4, -0.2) is 30.0 Å². The van der Waals surface area contributed by atoms with Crippen LogP contribution in [-0.2, 0) is 11.0 Å². The molecule has 4 rings (SSSR count). The van der Waals surface area contributed by atoms with E-state index in [4.69, 9.17) is 4.74 Å². The zero-order chi connectivity index (χ0) is 26.6. The molecule has 0 aliphatic heterocycles. The molecule has 0 fully saturated rings. The van der Waals surface area contributed by atoms with Crippen molar-refractivity contribution in [3.63, 3.8) is 0 Å². The normalized spacial score (nSPS) is 11.2. The zero-order valence-corrected chi connectivity index (χ0v) is 19.6. The van der Waals surface area contributed by atoms with Crippen molar-refractivity contribution in [1.82, 2.24) is 9.88 Å². The first-order chi connectivity index (χ1) is 17.7. The van der Waals surface area contributed by atoms with E-state index in [1.807, 2.05) is 0 Å². The lowest BCUT2D eigenvalue weighted by molar-refractivity contribution is -0.137. The molecule has 0 aliphatic rings. The average molecular weight is 509 g/mol. The number of ether oxygens (including phenoxy) is 1. The number of amides is 2. The molecule has 0 saturated heterocycles. The van der Waals surface area contributed by atoms with E-state index in [-0.39, 0.29) is 29.8 Å². The highest BCUT2D eigenvalue weighted by Crippen LogP contribution is 2.29. The fourth-order valence-electron chi connectivity index (χ4n) is 3.78.